The first-order valence-electron chi connectivity index (χ1n) is 6.64. The second-order valence-corrected chi connectivity index (χ2v) is 4.98. The molecule has 0 amide bonds. The summed E-state index contributed by atoms with van der Waals surface area (Å²) in [6.45, 7) is 4.08. The molecule has 5 nitrogen and oxygen atoms in total. The fourth-order valence-corrected chi connectivity index (χ4v) is 2.44. The fraction of sp³-hybridized carbons (Fsp3) is 0.429. The van der Waals surface area contributed by atoms with E-state index in [0.29, 0.717) is 43.3 Å². The molecule has 1 aliphatic rings. The summed E-state index contributed by atoms with van der Waals surface area (Å²) in [4.78, 5) is 20.4. The van der Waals surface area contributed by atoms with Crippen molar-refractivity contribution in [1.82, 2.24) is 9.97 Å². The first-order valence-corrected chi connectivity index (χ1v) is 6.64. The third-order valence-corrected chi connectivity index (χ3v) is 3.37. The average molecular weight is 277 g/mol. The molecular formula is C14H16FN3O2. The van der Waals surface area contributed by atoms with Gasteiger partial charge in [0.2, 0.25) is 0 Å². The van der Waals surface area contributed by atoms with Crippen LogP contribution in [0.1, 0.15) is 12.7 Å². The molecule has 0 bridgehead atoms. The predicted octanol–water partition coefficient (Wildman–Crippen LogP) is 1.67. The molecule has 2 aromatic rings. The van der Waals surface area contributed by atoms with Gasteiger partial charge in [0.15, 0.2) is 0 Å². The number of Topliss-reactive ketones (excluding diaryl/α,β-unsaturated/α-hetero) is 1. The summed E-state index contributed by atoms with van der Waals surface area (Å²) in [6.07, 6.45) is 0.239. The number of ketones is 1. The number of anilines is 1. The van der Waals surface area contributed by atoms with E-state index in [-0.39, 0.29) is 18.0 Å². The zero-order chi connectivity index (χ0) is 14.1. The number of aromatic amines is 1. The maximum atomic E-state index is 14.2. The summed E-state index contributed by atoms with van der Waals surface area (Å²) < 4.78 is 19.4. The molecule has 1 saturated heterocycles. The molecule has 2 heterocycles. The molecule has 1 N–H and O–H groups in total. The Bertz CT molecular complexity index is 647. The van der Waals surface area contributed by atoms with Gasteiger partial charge in [-0.3, -0.25) is 4.79 Å². The summed E-state index contributed by atoms with van der Waals surface area (Å²) in [5.41, 5.74) is 1.86. The van der Waals surface area contributed by atoms with Crippen molar-refractivity contribution in [3.8, 4) is 0 Å². The number of fused-ring (bicyclic) bond motifs is 1. The zero-order valence-corrected chi connectivity index (χ0v) is 11.3. The van der Waals surface area contributed by atoms with Gasteiger partial charge < -0.3 is 14.6 Å². The van der Waals surface area contributed by atoms with Crippen LogP contribution in [0.5, 0.6) is 0 Å². The first-order chi connectivity index (χ1) is 9.63. The van der Waals surface area contributed by atoms with Gasteiger partial charge in [-0.05, 0) is 13.0 Å². The highest BCUT2D eigenvalue weighted by Crippen LogP contribution is 2.25. The van der Waals surface area contributed by atoms with Crippen molar-refractivity contribution in [3.63, 3.8) is 0 Å². The van der Waals surface area contributed by atoms with Crippen LogP contribution in [0.4, 0.5) is 10.1 Å². The Labute approximate surface area is 115 Å². The second kappa shape index (κ2) is 5.20. The molecule has 1 aromatic heterocycles. The summed E-state index contributed by atoms with van der Waals surface area (Å²) in [6, 6.07) is 3.17. The van der Waals surface area contributed by atoms with Crippen molar-refractivity contribution in [2.45, 2.75) is 13.3 Å². The predicted molar refractivity (Wildman–Crippen MR) is 73.5 cm³/mol. The Balaban J connectivity index is 1.97. The number of hydrogen-bond acceptors (Lipinski definition) is 4. The highest BCUT2D eigenvalue weighted by atomic mass is 19.1. The van der Waals surface area contributed by atoms with Crippen molar-refractivity contribution in [2.24, 2.45) is 0 Å². The lowest BCUT2D eigenvalue weighted by Crippen LogP contribution is -2.36. The number of carbonyl (C=O) groups is 1. The van der Waals surface area contributed by atoms with Gasteiger partial charge in [-0.1, -0.05) is 0 Å². The van der Waals surface area contributed by atoms with E-state index < -0.39 is 0 Å². The van der Waals surface area contributed by atoms with Crippen LogP contribution in [-0.2, 0) is 16.0 Å². The Morgan fingerprint density at radius 1 is 1.45 bits per heavy atom. The summed E-state index contributed by atoms with van der Waals surface area (Å²) >= 11 is 0. The third kappa shape index (κ3) is 2.51. The molecule has 6 heteroatoms. The lowest BCUT2D eigenvalue weighted by atomic mass is 10.2. The van der Waals surface area contributed by atoms with Crippen LogP contribution in [0.15, 0.2) is 12.1 Å². The Morgan fingerprint density at radius 2 is 2.20 bits per heavy atom. The summed E-state index contributed by atoms with van der Waals surface area (Å²) in [5, 5.41) is 0. The van der Waals surface area contributed by atoms with Crippen LogP contribution < -0.4 is 4.90 Å². The number of H-pyrrole nitrogens is 1. The number of nitrogens with zero attached hydrogens (tertiary/aromatic N) is 2. The Hall–Kier alpha value is -1.95. The number of halogens is 1. The van der Waals surface area contributed by atoms with Gasteiger partial charge in [0.1, 0.15) is 17.4 Å². The number of rotatable bonds is 3. The first kappa shape index (κ1) is 13.1. The third-order valence-electron chi connectivity index (χ3n) is 3.37. The lowest BCUT2D eigenvalue weighted by Gasteiger charge is -2.29. The topological polar surface area (TPSA) is 58.2 Å². The van der Waals surface area contributed by atoms with Crippen molar-refractivity contribution in [2.75, 3.05) is 31.2 Å². The van der Waals surface area contributed by atoms with Crippen molar-refractivity contribution < 1.29 is 13.9 Å². The molecule has 1 fully saturated rings. The number of carbonyl (C=O) groups excluding carboxylic acids is 1. The molecule has 0 unspecified atom stereocenters. The molecule has 0 radical (unpaired) electrons. The molecule has 0 atom stereocenters. The van der Waals surface area contributed by atoms with Crippen LogP contribution in [-0.4, -0.2) is 42.1 Å². The lowest BCUT2D eigenvalue weighted by molar-refractivity contribution is -0.116. The van der Waals surface area contributed by atoms with Crippen molar-refractivity contribution in [3.05, 3.63) is 23.8 Å². The second-order valence-electron chi connectivity index (χ2n) is 4.98. The molecule has 1 aliphatic heterocycles. The quantitative estimate of drug-likeness (QED) is 0.927. The minimum Gasteiger partial charge on any atom is -0.378 e. The Morgan fingerprint density at radius 3 is 2.90 bits per heavy atom. The minimum atomic E-state index is -0.291. The van der Waals surface area contributed by atoms with E-state index in [2.05, 4.69) is 9.97 Å². The highest BCUT2D eigenvalue weighted by Gasteiger charge is 2.17. The largest absolute Gasteiger partial charge is 0.378 e. The number of imidazole rings is 1. The maximum Gasteiger partial charge on any atom is 0.148 e. The average Bonchev–Trinajstić information content (AvgIpc) is 2.79. The van der Waals surface area contributed by atoms with E-state index in [1.807, 2.05) is 4.90 Å². The molecule has 0 aliphatic carbocycles. The number of hydrogen-bond donors (Lipinski definition) is 1. The van der Waals surface area contributed by atoms with E-state index in [1.54, 1.807) is 6.07 Å². The van der Waals surface area contributed by atoms with Crippen molar-refractivity contribution in [1.29, 1.82) is 0 Å². The smallest absolute Gasteiger partial charge is 0.148 e. The molecule has 1 aromatic carbocycles. The van der Waals surface area contributed by atoms with E-state index >= 15 is 0 Å². The zero-order valence-electron chi connectivity index (χ0n) is 11.3. The molecule has 106 valence electrons. The van der Waals surface area contributed by atoms with Gasteiger partial charge >= 0.3 is 0 Å². The van der Waals surface area contributed by atoms with E-state index in [0.717, 1.165) is 5.52 Å². The van der Waals surface area contributed by atoms with Crippen LogP contribution in [0, 0.1) is 5.82 Å². The van der Waals surface area contributed by atoms with Gasteiger partial charge in [0.05, 0.1) is 36.4 Å². The molecule has 0 spiro atoms. The standard InChI is InChI=1S/C14H16FN3O2/c1-9(19)6-14-16-11-7-10(15)13(8-12(11)17-14)18-2-4-20-5-3-18/h7-8H,2-6H2,1H3,(H,16,17). The van der Waals surface area contributed by atoms with Gasteiger partial charge in [-0.25, -0.2) is 9.37 Å². The van der Waals surface area contributed by atoms with Crippen molar-refractivity contribution >= 4 is 22.5 Å². The number of nitrogens with one attached hydrogen (secondary N) is 1. The Kier molecular flexibility index (Phi) is 3.40. The molecule has 0 saturated carbocycles. The van der Waals surface area contributed by atoms with Crippen LogP contribution in [0.3, 0.4) is 0 Å². The van der Waals surface area contributed by atoms with E-state index in [1.165, 1.54) is 13.0 Å². The van der Waals surface area contributed by atoms with Crippen LogP contribution in [0.2, 0.25) is 0 Å². The summed E-state index contributed by atoms with van der Waals surface area (Å²) in [7, 11) is 0. The highest BCUT2D eigenvalue weighted by molar-refractivity contribution is 5.82. The van der Waals surface area contributed by atoms with Gasteiger partial charge in [0, 0.05) is 19.2 Å². The molecule has 20 heavy (non-hydrogen) atoms. The number of aromatic nitrogens is 2. The summed E-state index contributed by atoms with van der Waals surface area (Å²) in [5.74, 6) is 0.309. The molecule has 3 rings (SSSR count). The normalized spacial score (nSPS) is 15.8. The molecular weight excluding hydrogens is 261 g/mol. The number of morpholine rings is 1. The van der Waals surface area contributed by atoms with E-state index in [9.17, 15) is 9.18 Å². The van der Waals surface area contributed by atoms with Crippen LogP contribution >= 0.6 is 0 Å². The van der Waals surface area contributed by atoms with Gasteiger partial charge in [-0.2, -0.15) is 0 Å². The SMILES string of the molecule is CC(=O)Cc1nc2cc(F)c(N3CCOCC3)cc2[nH]1. The minimum absolute atomic E-state index is 0.0259. The monoisotopic (exact) mass is 277 g/mol. The van der Waals surface area contributed by atoms with E-state index in [4.69, 9.17) is 4.74 Å². The maximum absolute atomic E-state index is 14.2. The van der Waals surface area contributed by atoms with Crippen LogP contribution in [0.25, 0.3) is 11.0 Å². The number of benzene rings is 1. The number of ether oxygens (including phenoxy) is 1. The van der Waals surface area contributed by atoms with Gasteiger partial charge in [0.25, 0.3) is 0 Å². The van der Waals surface area contributed by atoms with Gasteiger partial charge in [-0.15, -0.1) is 0 Å². The fourth-order valence-electron chi connectivity index (χ4n) is 2.44.